The second kappa shape index (κ2) is 8.07. The van der Waals surface area contributed by atoms with E-state index in [2.05, 4.69) is 63.1 Å². The Morgan fingerprint density at radius 3 is 2.04 bits per heavy atom. The van der Waals surface area contributed by atoms with E-state index in [-0.39, 0.29) is 0 Å². The summed E-state index contributed by atoms with van der Waals surface area (Å²) in [4.78, 5) is 14.0. The lowest BCUT2D eigenvalue weighted by atomic mass is 9.90. The van der Waals surface area contributed by atoms with Gasteiger partial charge in [0.25, 0.3) is 0 Å². The molecule has 0 bridgehead atoms. The van der Waals surface area contributed by atoms with Crippen molar-refractivity contribution in [2.75, 3.05) is 36.0 Å². The molecule has 0 unspecified atom stereocenters. The van der Waals surface area contributed by atoms with Crippen molar-refractivity contribution in [3.05, 3.63) is 48.3 Å². The Morgan fingerprint density at radius 1 is 0.846 bits per heavy atom. The fraction of sp³-hybridized carbons (Fsp3) is 0.545. The maximum Gasteiger partial charge on any atom is 0.134 e. The van der Waals surface area contributed by atoms with Gasteiger partial charge in [0.1, 0.15) is 18.0 Å². The van der Waals surface area contributed by atoms with E-state index in [4.69, 9.17) is 0 Å². The van der Waals surface area contributed by atoms with Gasteiger partial charge in [-0.3, -0.25) is 0 Å². The zero-order valence-electron chi connectivity index (χ0n) is 15.8. The highest BCUT2D eigenvalue weighted by Gasteiger charge is 2.22. The van der Waals surface area contributed by atoms with Crippen LogP contribution in [0.1, 0.15) is 38.2 Å². The lowest BCUT2D eigenvalue weighted by Gasteiger charge is -2.34. The molecule has 0 saturated carbocycles. The molecule has 0 spiro atoms. The lowest BCUT2D eigenvalue weighted by Crippen LogP contribution is -2.36. The van der Waals surface area contributed by atoms with E-state index in [1.807, 2.05) is 0 Å². The van der Waals surface area contributed by atoms with Crippen LogP contribution in [-0.4, -0.2) is 36.1 Å². The smallest absolute Gasteiger partial charge is 0.134 e. The molecule has 3 heterocycles. The first-order chi connectivity index (χ1) is 12.8. The highest BCUT2D eigenvalue weighted by molar-refractivity contribution is 5.50. The van der Waals surface area contributed by atoms with Gasteiger partial charge in [-0.2, -0.15) is 0 Å². The molecule has 26 heavy (non-hydrogen) atoms. The molecule has 4 heteroatoms. The standard InChI is InChI=1S/C22H30N4/c1-18-7-11-25(12-8-18)21-16-22(24-17-23-21)26-13-9-20(10-14-26)15-19-5-3-2-4-6-19/h2-6,16-18,20H,7-15H2,1H3. The highest BCUT2D eigenvalue weighted by atomic mass is 15.2. The largest absolute Gasteiger partial charge is 0.356 e. The number of piperidine rings is 2. The topological polar surface area (TPSA) is 32.3 Å². The van der Waals surface area contributed by atoms with E-state index >= 15 is 0 Å². The normalized spacial score (nSPS) is 19.7. The Labute approximate surface area is 157 Å². The summed E-state index contributed by atoms with van der Waals surface area (Å²) in [6.45, 7) is 6.80. The van der Waals surface area contributed by atoms with E-state index in [9.17, 15) is 0 Å². The van der Waals surface area contributed by atoms with Crippen LogP contribution in [0, 0.1) is 11.8 Å². The minimum Gasteiger partial charge on any atom is -0.356 e. The Hall–Kier alpha value is -2.10. The van der Waals surface area contributed by atoms with Gasteiger partial charge in [0.2, 0.25) is 0 Å². The molecule has 0 radical (unpaired) electrons. The van der Waals surface area contributed by atoms with Crippen LogP contribution in [0.4, 0.5) is 11.6 Å². The Balaban J connectivity index is 1.35. The predicted molar refractivity (Wildman–Crippen MR) is 108 cm³/mol. The van der Waals surface area contributed by atoms with Crippen molar-refractivity contribution in [3.63, 3.8) is 0 Å². The molecule has 2 aliphatic heterocycles. The van der Waals surface area contributed by atoms with Crippen molar-refractivity contribution < 1.29 is 0 Å². The fourth-order valence-electron chi connectivity index (χ4n) is 4.23. The number of benzene rings is 1. The van der Waals surface area contributed by atoms with Gasteiger partial charge in [-0.1, -0.05) is 37.3 Å². The Morgan fingerprint density at radius 2 is 1.42 bits per heavy atom. The summed E-state index contributed by atoms with van der Waals surface area (Å²) in [5.74, 6) is 3.84. The predicted octanol–water partition coefficient (Wildman–Crippen LogP) is 4.17. The van der Waals surface area contributed by atoms with Gasteiger partial charge in [-0.15, -0.1) is 0 Å². The van der Waals surface area contributed by atoms with Gasteiger partial charge < -0.3 is 9.80 Å². The molecule has 0 aliphatic carbocycles. The zero-order valence-corrected chi connectivity index (χ0v) is 15.8. The maximum absolute atomic E-state index is 4.57. The molecular weight excluding hydrogens is 320 g/mol. The number of nitrogens with zero attached hydrogens (tertiary/aromatic N) is 4. The van der Waals surface area contributed by atoms with E-state index in [1.54, 1.807) is 6.33 Å². The second-order valence-electron chi connectivity index (χ2n) is 8.02. The highest BCUT2D eigenvalue weighted by Crippen LogP contribution is 2.27. The van der Waals surface area contributed by atoms with Crippen LogP contribution >= 0.6 is 0 Å². The van der Waals surface area contributed by atoms with Crippen LogP contribution in [0.2, 0.25) is 0 Å². The Bertz CT molecular complexity index is 686. The lowest BCUT2D eigenvalue weighted by molar-refractivity contribution is 0.402. The third-order valence-corrected chi connectivity index (χ3v) is 6.05. The number of hydrogen-bond donors (Lipinski definition) is 0. The van der Waals surface area contributed by atoms with E-state index in [0.717, 1.165) is 49.7 Å². The van der Waals surface area contributed by atoms with Crippen LogP contribution in [0.25, 0.3) is 0 Å². The molecule has 2 fully saturated rings. The summed E-state index contributed by atoms with van der Waals surface area (Å²) < 4.78 is 0. The van der Waals surface area contributed by atoms with Crippen LogP contribution in [0.15, 0.2) is 42.7 Å². The zero-order chi connectivity index (χ0) is 17.8. The third kappa shape index (κ3) is 4.17. The SMILES string of the molecule is CC1CCN(c2cc(N3CCC(Cc4ccccc4)CC3)ncn2)CC1. The fourth-order valence-corrected chi connectivity index (χ4v) is 4.23. The summed E-state index contributed by atoms with van der Waals surface area (Å²) >= 11 is 0. The van der Waals surface area contributed by atoms with Gasteiger partial charge >= 0.3 is 0 Å². The molecule has 138 valence electrons. The minimum atomic E-state index is 0.790. The third-order valence-electron chi connectivity index (χ3n) is 6.05. The number of aromatic nitrogens is 2. The first-order valence-corrected chi connectivity index (χ1v) is 10.1. The molecule has 0 atom stereocenters. The molecule has 0 N–H and O–H groups in total. The summed E-state index contributed by atoms with van der Waals surface area (Å²) in [5, 5.41) is 0. The van der Waals surface area contributed by atoms with Gasteiger partial charge in [-0.05, 0) is 49.5 Å². The molecule has 4 rings (SSSR count). The van der Waals surface area contributed by atoms with Crippen molar-refractivity contribution in [2.24, 2.45) is 11.8 Å². The first kappa shape index (κ1) is 17.3. The van der Waals surface area contributed by atoms with Crippen molar-refractivity contribution in [3.8, 4) is 0 Å². The monoisotopic (exact) mass is 350 g/mol. The summed E-state index contributed by atoms with van der Waals surface area (Å²) in [7, 11) is 0. The van der Waals surface area contributed by atoms with E-state index < -0.39 is 0 Å². The molecule has 2 aliphatic rings. The minimum absolute atomic E-state index is 0.790. The average Bonchev–Trinajstić information content (AvgIpc) is 2.70. The molecule has 2 aromatic rings. The summed E-state index contributed by atoms with van der Waals surface area (Å²) in [6, 6.07) is 13.1. The maximum atomic E-state index is 4.57. The molecule has 1 aromatic heterocycles. The second-order valence-corrected chi connectivity index (χ2v) is 8.02. The van der Waals surface area contributed by atoms with E-state index in [1.165, 1.54) is 37.7 Å². The molecule has 0 amide bonds. The Kier molecular flexibility index (Phi) is 5.37. The van der Waals surface area contributed by atoms with Crippen LogP contribution < -0.4 is 9.80 Å². The van der Waals surface area contributed by atoms with Crippen LogP contribution in [-0.2, 0) is 6.42 Å². The van der Waals surface area contributed by atoms with E-state index in [0.29, 0.717) is 0 Å². The van der Waals surface area contributed by atoms with Crippen LogP contribution in [0.3, 0.4) is 0 Å². The number of rotatable bonds is 4. The number of anilines is 2. The van der Waals surface area contributed by atoms with Crippen LogP contribution in [0.5, 0.6) is 0 Å². The molecule has 1 aromatic carbocycles. The number of hydrogen-bond acceptors (Lipinski definition) is 4. The van der Waals surface area contributed by atoms with Gasteiger partial charge in [0.05, 0.1) is 0 Å². The van der Waals surface area contributed by atoms with Gasteiger partial charge in [0, 0.05) is 32.2 Å². The first-order valence-electron chi connectivity index (χ1n) is 10.1. The van der Waals surface area contributed by atoms with Gasteiger partial charge in [-0.25, -0.2) is 9.97 Å². The van der Waals surface area contributed by atoms with Crippen molar-refractivity contribution in [1.29, 1.82) is 0 Å². The quantitative estimate of drug-likeness (QED) is 0.828. The van der Waals surface area contributed by atoms with Crippen molar-refractivity contribution >= 4 is 11.6 Å². The van der Waals surface area contributed by atoms with Crippen molar-refractivity contribution in [2.45, 2.75) is 39.0 Å². The molecule has 2 saturated heterocycles. The van der Waals surface area contributed by atoms with Crippen molar-refractivity contribution in [1.82, 2.24) is 9.97 Å². The average molecular weight is 351 g/mol. The summed E-state index contributed by atoms with van der Waals surface area (Å²) in [5.41, 5.74) is 1.47. The molecule has 4 nitrogen and oxygen atoms in total. The summed E-state index contributed by atoms with van der Waals surface area (Å²) in [6.07, 6.45) is 7.98. The molecular formula is C22H30N4. The van der Waals surface area contributed by atoms with Gasteiger partial charge in [0.15, 0.2) is 0 Å².